The fraction of sp³-hybridized carbons (Fsp3) is 0.192. The van der Waals surface area contributed by atoms with Gasteiger partial charge in [0.05, 0.1) is 17.4 Å². The largest absolute Gasteiger partial charge is 0.357 e. The van der Waals surface area contributed by atoms with Gasteiger partial charge in [-0.05, 0) is 41.1 Å². The molecule has 0 aliphatic carbocycles. The first-order valence-electron chi connectivity index (χ1n) is 11.6. The maximum absolute atomic E-state index is 13.5. The van der Waals surface area contributed by atoms with Gasteiger partial charge in [-0.1, -0.05) is 42.5 Å². The minimum atomic E-state index is -4.39. The van der Waals surface area contributed by atoms with E-state index in [0.717, 1.165) is 22.4 Å². The Kier molecular flexibility index (Phi) is 8.89. The van der Waals surface area contributed by atoms with Crippen LogP contribution in [0.15, 0.2) is 76.8 Å². The zero-order valence-corrected chi connectivity index (χ0v) is 22.8. The molecule has 4 rings (SSSR count). The van der Waals surface area contributed by atoms with Crippen LogP contribution in [0.1, 0.15) is 29.1 Å². The van der Waals surface area contributed by atoms with Crippen LogP contribution in [-0.4, -0.2) is 35.8 Å². The topological polar surface area (TPSA) is 137 Å². The molecular weight excluding hydrogens is 545 g/mol. The number of hydrogen-bond donors (Lipinski definition) is 4. The minimum absolute atomic E-state index is 0.208. The van der Waals surface area contributed by atoms with Gasteiger partial charge in [-0.25, -0.2) is 4.98 Å². The molecule has 38 heavy (non-hydrogen) atoms. The molecule has 0 aliphatic rings. The Labute approximate surface area is 228 Å². The van der Waals surface area contributed by atoms with Crippen molar-refractivity contribution in [3.8, 4) is 11.3 Å². The molecule has 2 aromatic heterocycles. The summed E-state index contributed by atoms with van der Waals surface area (Å²) in [4.78, 5) is 30.1. The Bertz CT molecular complexity index is 1470. The molecule has 0 saturated heterocycles. The van der Waals surface area contributed by atoms with E-state index in [2.05, 4.69) is 10.6 Å². The Morgan fingerprint density at radius 1 is 0.947 bits per heavy atom. The van der Waals surface area contributed by atoms with Gasteiger partial charge in [0.25, 0.3) is 0 Å². The van der Waals surface area contributed by atoms with Gasteiger partial charge in [0.2, 0.25) is 11.8 Å². The third-order valence-electron chi connectivity index (χ3n) is 5.57. The van der Waals surface area contributed by atoms with Gasteiger partial charge in [0.1, 0.15) is 11.0 Å². The molecule has 2 atom stereocenters. The van der Waals surface area contributed by atoms with Crippen LogP contribution in [0.4, 0.5) is 5.69 Å². The van der Waals surface area contributed by atoms with Crippen molar-refractivity contribution in [2.45, 2.75) is 31.8 Å². The Balaban J connectivity index is 1.58. The van der Waals surface area contributed by atoms with Crippen LogP contribution in [0.25, 0.3) is 11.3 Å². The minimum Gasteiger partial charge on any atom is -0.345 e. The number of thiophene rings is 1. The van der Waals surface area contributed by atoms with E-state index in [1.165, 1.54) is 30.4 Å². The van der Waals surface area contributed by atoms with E-state index in [0.29, 0.717) is 17.8 Å². The van der Waals surface area contributed by atoms with Crippen LogP contribution in [0, 0.1) is 0 Å². The summed E-state index contributed by atoms with van der Waals surface area (Å²) in [6.07, 6.45) is 0.694. The van der Waals surface area contributed by atoms with Gasteiger partial charge < -0.3 is 10.6 Å². The predicted molar refractivity (Wildman–Crippen MR) is 149 cm³/mol. The zero-order chi connectivity index (χ0) is 27.1. The lowest BCUT2D eigenvalue weighted by atomic mass is 10.0. The van der Waals surface area contributed by atoms with Crippen molar-refractivity contribution < 1.29 is 22.6 Å². The molecule has 198 valence electrons. The summed E-state index contributed by atoms with van der Waals surface area (Å²) in [7, 11) is -4.39. The monoisotopic (exact) mass is 570 g/mol. The molecule has 2 aromatic carbocycles. The number of nitrogens with zero attached hydrogens (tertiary/aromatic N) is 1. The SMILES string of the molecule is CC(=O)N[C@@H](Cc1ccccc1)C(=O)N[C@@H](Cc1ccc(NS(=O)(=O)O)cc1)c1nc(-c2ccsc2)cs1. The first kappa shape index (κ1) is 27.5. The Morgan fingerprint density at radius 2 is 1.66 bits per heavy atom. The number of benzene rings is 2. The summed E-state index contributed by atoms with van der Waals surface area (Å²) in [5.74, 6) is -0.653. The highest BCUT2D eigenvalue weighted by atomic mass is 32.2. The molecule has 0 unspecified atom stereocenters. The van der Waals surface area contributed by atoms with Crippen LogP contribution in [0.2, 0.25) is 0 Å². The molecule has 2 heterocycles. The van der Waals surface area contributed by atoms with Crippen molar-refractivity contribution in [3.05, 3.63) is 92.9 Å². The highest BCUT2D eigenvalue weighted by Crippen LogP contribution is 2.29. The normalized spacial score (nSPS) is 12.9. The number of aromatic nitrogens is 1. The number of thiazole rings is 1. The van der Waals surface area contributed by atoms with Gasteiger partial charge in [-0.15, -0.1) is 11.3 Å². The van der Waals surface area contributed by atoms with Crippen LogP contribution in [-0.2, 0) is 32.7 Å². The lowest BCUT2D eigenvalue weighted by Crippen LogP contribution is -2.48. The van der Waals surface area contributed by atoms with Crippen molar-refractivity contribution >= 4 is 50.5 Å². The van der Waals surface area contributed by atoms with Gasteiger partial charge in [0, 0.05) is 29.7 Å². The quantitative estimate of drug-likeness (QED) is 0.199. The molecule has 0 saturated carbocycles. The summed E-state index contributed by atoms with van der Waals surface area (Å²) < 4.78 is 33.2. The maximum Gasteiger partial charge on any atom is 0.357 e. The van der Waals surface area contributed by atoms with Crippen molar-refractivity contribution in [3.63, 3.8) is 0 Å². The van der Waals surface area contributed by atoms with Gasteiger partial charge in [-0.2, -0.15) is 19.8 Å². The molecule has 0 aliphatic heterocycles. The fourth-order valence-corrected chi connectivity index (χ4v) is 5.82. The molecule has 2 amide bonds. The second-order valence-corrected chi connectivity index (χ2v) is 11.4. The molecule has 9 nitrogen and oxygen atoms in total. The Morgan fingerprint density at radius 3 is 2.29 bits per heavy atom. The standard InChI is InChI=1S/C26H26N4O5S3/c1-17(31)27-22(13-18-5-3-2-4-6-18)25(32)28-23(26-29-24(16-37-26)20-11-12-36-15-20)14-19-7-9-21(10-8-19)30-38(33,34)35/h2-12,15-16,22-23,30H,13-14H2,1H3,(H,27,31)(H,28,32)(H,33,34,35)/t22-,23-/m0/s1. The Hall–Kier alpha value is -3.58. The second kappa shape index (κ2) is 12.3. The van der Waals surface area contributed by atoms with Crippen LogP contribution < -0.4 is 15.4 Å². The van der Waals surface area contributed by atoms with E-state index < -0.39 is 22.4 Å². The van der Waals surface area contributed by atoms with Crippen LogP contribution in [0.3, 0.4) is 0 Å². The van der Waals surface area contributed by atoms with E-state index >= 15 is 0 Å². The molecular formula is C26H26N4O5S3. The smallest absolute Gasteiger partial charge is 0.345 e. The highest BCUT2D eigenvalue weighted by Gasteiger charge is 2.26. The van der Waals surface area contributed by atoms with Gasteiger partial charge >= 0.3 is 10.3 Å². The molecule has 4 aromatic rings. The number of nitrogens with one attached hydrogen (secondary N) is 3. The number of amides is 2. The highest BCUT2D eigenvalue weighted by molar-refractivity contribution is 7.87. The van der Waals surface area contributed by atoms with Crippen molar-refractivity contribution in [1.29, 1.82) is 0 Å². The summed E-state index contributed by atoms with van der Waals surface area (Å²) in [6, 6.07) is 16.6. The summed E-state index contributed by atoms with van der Waals surface area (Å²) >= 11 is 2.99. The van der Waals surface area contributed by atoms with E-state index in [1.807, 2.05) is 57.3 Å². The number of anilines is 1. The summed E-state index contributed by atoms with van der Waals surface area (Å²) in [5.41, 5.74) is 3.72. The van der Waals surface area contributed by atoms with E-state index in [9.17, 15) is 18.0 Å². The number of carbonyl (C=O) groups is 2. The first-order chi connectivity index (χ1) is 18.2. The summed E-state index contributed by atoms with van der Waals surface area (Å²) in [5, 5.41) is 12.4. The number of hydrogen-bond acceptors (Lipinski definition) is 7. The van der Waals surface area contributed by atoms with Crippen molar-refractivity contribution in [2.24, 2.45) is 0 Å². The van der Waals surface area contributed by atoms with E-state index in [4.69, 9.17) is 9.54 Å². The zero-order valence-electron chi connectivity index (χ0n) is 20.3. The lowest BCUT2D eigenvalue weighted by Gasteiger charge is -2.22. The van der Waals surface area contributed by atoms with Crippen molar-refractivity contribution in [2.75, 3.05) is 4.72 Å². The average Bonchev–Trinajstić information content (AvgIpc) is 3.56. The van der Waals surface area contributed by atoms with Gasteiger partial charge in [0.15, 0.2) is 0 Å². The number of rotatable bonds is 11. The molecule has 4 N–H and O–H groups in total. The molecule has 0 fully saturated rings. The predicted octanol–water partition coefficient (Wildman–Crippen LogP) is 4.23. The van der Waals surface area contributed by atoms with Crippen LogP contribution in [0.5, 0.6) is 0 Å². The molecule has 0 bridgehead atoms. The third-order valence-corrected chi connectivity index (χ3v) is 7.71. The van der Waals surface area contributed by atoms with E-state index in [-0.39, 0.29) is 17.5 Å². The number of carbonyl (C=O) groups excluding carboxylic acids is 2. The summed E-state index contributed by atoms with van der Waals surface area (Å²) in [6.45, 7) is 1.37. The third kappa shape index (κ3) is 7.96. The molecule has 12 heteroatoms. The second-order valence-electron chi connectivity index (χ2n) is 8.57. The average molecular weight is 571 g/mol. The fourth-order valence-electron chi connectivity index (χ4n) is 3.86. The molecule has 0 radical (unpaired) electrons. The van der Waals surface area contributed by atoms with Crippen molar-refractivity contribution in [1.82, 2.24) is 15.6 Å². The molecule has 0 spiro atoms. The first-order valence-corrected chi connectivity index (χ1v) is 14.9. The van der Waals surface area contributed by atoms with Crippen LogP contribution >= 0.6 is 22.7 Å². The maximum atomic E-state index is 13.5. The lowest BCUT2D eigenvalue weighted by molar-refractivity contribution is -0.128. The van der Waals surface area contributed by atoms with Gasteiger partial charge in [-0.3, -0.25) is 18.9 Å². The van der Waals surface area contributed by atoms with E-state index in [1.54, 1.807) is 23.5 Å².